The van der Waals surface area contributed by atoms with Crippen molar-refractivity contribution >= 4 is 11.9 Å². The third kappa shape index (κ3) is 5.51. The van der Waals surface area contributed by atoms with Gasteiger partial charge in [-0.05, 0) is 46.6 Å². The van der Waals surface area contributed by atoms with Gasteiger partial charge in [-0.3, -0.25) is 19.2 Å². The summed E-state index contributed by atoms with van der Waals surface area (Å²) < 4.78 is 7.38. The number of piperidine rings is 1. The Bertz CT molecular complexity index is 667. The summed E-state index contributed by atoms with van der Waals surface area (Å²) in [6.07, 6.45) is 6.45. The van der Waals surface area contributed by atoms with E-state index in [1.54, 1.807) is 4.68 Å². The Balaban J connectivity index is 1.55. The first kappa shape index (κ1) is 19.8. The van der Waals surface area contributed by atoms with E-state index in [0.29, 0.717) is 26.1 Å². The molecule has 3 heterocycles. The van der Waals surface area contributed by atoms with Crippen LogP contribution in [0.15, 0.2) is 6.20 Å². The maximum atomic E-state index is 12.6. The van der Waals surface area contributed by atoms with E-state index >= 15 is 0 Å². The molecule has 2 saturated heterocycles. The number of hydrogen-bond donors (Lipinski definition) is 0. The average molecular weight is 377 g/mol. The first-order valence-corrected chi connectivity index (χ1v) is 9.95. The van der Waals surface area contributed by atoms with Gasteiger partial charge in [-0.15, -0.1) is 5.10 Å². The maximum absolute atomic E-state index is 12.6. The summed E-state index contributed by atoms with van der Waals surface area (Å²) in [5.74, 6) is 0.0750. The number of esters is 1. The fourth-order valence-electron chi connectivity index (χ4n) is 3.71. The number of amides is 1. The van der Waals surface area contributed by atoms with E-state index in [1.807, 2.05) is 31.9 Å². The topological polar surface area (TPSA) is 80.6 Å². The maximum Gasteiger partial charge on any atom is 0.323 e. The summed E-state index contributed by atoms with van der Waals surface area (Å²) in [5, 5.41) is 8.44. The Labute approximate surface area is 160 Å². The van der Waals surface area contributed by atoms with Crippen molar-refractivity contribution in [1.82, 2.24) is 24.8 Å². The Morgan fingerprint density at radius 1 is 1.22 bits per heavy atom. The molecule has 2 fully saturated rings. The molecule has 8 heteroatoms. The second kappa shape index (κ2) is 8.37. The molecule has 0 unspecified atom stereocenters. The molecule has 2 aliphatic rings. The lowest BCUT2D eigenvalue weighted by Gasteiger charge is -2.35. The van der Waals surface area contributed by atoms with Gasteiger partial charge in [0.25, 0.3) is 0 Å². The van der Waals surface area contributed by atoms with Crippen LogP contribution in [0.5, 0.6) is 0 Å². The highest BCUT2D eigenvalue weighted by atomic mass is 16.6. The molecule has 27 heavy (non-hydrogen) atoms. The van der Waals surface area contributed by atoms with Crippen LogP contribution in [0.3, 0.4) is 0 Å². The Morgan fingerprint density at radius 2 is 2.04 bits per heavy atom. The minimum absolute atomic E-state index is 0.151. The van der Waals surface area contributed by atoms with E-state index in [9.17, 15) is 9.59 Å². The second-order valence-electron chi connectivity index (χ2n) is 8.47. The number of nitrogens with zero attached hydrogens (tertiary/aromatic N) is 5. The smallest absolute Gasteiger partial charge is 0.323 e. The van der Waals surface area contributed by atoms with Crippen LogP contribution in [-0.2, 0) is 27.4 Å². The second-order valence-corrected chi connectivity index (χ2v) is 8.47. The average Bonchev–Trinajstić information content (AvgIpc) is 3.20. The lowest BCUT2D eigenvalue weighted by Crippen LogP contribution is -2.46. The van der Waals surface area contributed by atoms with Crippen molar-refractivity contribution in [2.75, 3.05) is 19.6 Å². The predicted octanol–water partition coefficient (Wildman–Crippen LogP) is 1.60. The highest BCUT2D eigenvalue weighted by molar-refractivity contribution is 5.78. The van der Waals surface area contributed by atoms with Gasteiger partial charge in [0.05, 0.1) is 12.2 Å². The fourth-order valence-corrected chi connectivity index (χ4v) is 3.71. The molecule has 3 rings (SSSR count). The standard InChI is InChI=1S/C19H31N5O3/c1-19(2,3)27-18(26)16-7-4-5-9-23(16)13-15-14-24(21-20-15)12-11-22-10-6-8-17(22)25/h14,16H,4-13H2,1-3H3/t16-/m0/s1. The van der Waals surface area contributed by atoms with Crippen LogP contribution >= 0.6 is 0 Å². The summed E-state index contributed by atoms with van der Waals surface area (Å²) in [6, 6.07) is -0.217. The van der Waals surface area contributed by atoms with Gasteiger partial charge >= 0.3 is 5.97 Å². The van der Waals surface area contributed by atoms with Gasteiger partial charge in [-0.2, -0.15) is 0 Å². The van der Waals surface area contributed by atoms with E-state index in [-0.39, 0.29) is 17.9 Å². The summed E-state index contributed by atoms with van der Waals surface area (Å²) in [6.45, 7) is 9.30. The van der Waals surface area contributed by atoms with Crippen LogP contribution in [0.1, 0.15) is 58.6 Å². The first-order chi connectivity index (χ1) is 12.8. The zero-order valence-corrected chi connectivity index (χ0v) is 16.7. The molecule has 0 N–H and O–H groups in total. The van der Waals surface area contributed by atoms with Gasteiger partial charge in [0, 0.05) is 32.3 Å². The Hall–Kier alpha value is -1.96. The molecule has 0 aromatic carbocycles. The number of ether oxygens (including phenoxy) is 1. The van der Waals surface area contributed by atoms with Crippen molar-refractivity contribution < 1.29 is 14.3 Å². The highest BCUT2D eigenvalue weighted by Crippen LogP contribution is 2.22. The van der Waals surface area contributed by atoms with Crippen LogP contribution in [0.4, 0.5) is 0 Å². The largest absolute Gasteiger partial charge is 0.459 e. The number of carbonyl (C=O) groups excluding carboxylic acids is 2. The van der Waals surface area contributed by atoms with Gasteiger partial charge in [0.1, 0.15) is 11.6 Å². The number of aromatic nitrogens is 3. The van der Waals surface area contributed by atoms with Gasteiger partial charge in [-0.25, -0.2) is 0 Å². The van der Waals surface area contributed by atoms with E-state index in [0.717, 1.165) is 44.5 Å². The number of likely N-dealkylation sites (tertiary alicyclic amines) is 2. The van der Waals surface area contributed by atoms with Crippen molar-refractivity contribution in [2.45, 2.75) is 77.6 Å². The van der Waals surface area contributed by atoms with E-state index < -0.39 is 5.60 Å². The summed E-state index contributed by atoms with van der Waals surface area (Å²) in [4.78, 5) is 28.3. The monoisotopic (exact) mass is 377 g/mol. The number of hydrogen-bond acceptors (Lipinski definition) is 6. The Kier molecular flexibility index (Phi) is 6.14. The zero-order chi connectivity index (χ0) is 19.4. The molecule has 8 nitrogen and oxygen atoms in total. The summed E-state index contributed by atoms with van der Waals surface area (Å²) in [7, 11) is 0. The number of carbonyl (C=O) groups is 2. The van der Waals surface area contributed by atoms with Crippen LogP contribution in [0.2, 0.25) is 0 Å². The van der Waals surface area contributed by atoms with Crippen LogP contribution in [0, 0.1) is 0 Å². The zero-order valence-electron chi connectivity index (χ0n) is 16.7. The lowest BCUT2D eigenvalue weighted by atomic mass is 10.0. The first-order valence-electron chi connectivity index (χ1n) is 9.95. The SMILES string of the molecule is CC(C)(C)OC(=O)[C@@H]1CCCCN1Cc1cn(CCN2CCCC2=O)nn1. The summed E-state index contributed by atoms with van der Waals surface area (Å²) in [5.41, 5.74) is 0.370. The van der Waals surface area contributed by atoms with Crippen molar-refractivity contribution in [3.05, 3.63) is 11.9 Å². The molecule has 0 bridgehead atoms. The van der Waals surface area contributed by atoms with Crippen molar-refractivity contribution in [3.8, 4) is 0 Å². The van der Waals surface area contributed by atoms with E-state index in [4.69, 9.17) is 4.74 Å². The van der Waals surface area contributed by atoms with Crippen LogP contribution in [0.25, 0.3) is 0 Å². The lowest BCUT2D eigenvalue weighted by molar-refractivity contribution is -0.163. The number of rotatable bonds is 6. The minimum Gasteiger partial charge on any atom is -0.459 e. The van der Waals surface area contributed by atoms with E-state index in [1.165, 1.54) is 0 Å². The third-order valence-electron chi connectivity index (χ3n) is 5.01. The van der Waals surface area contributed by atoms with Crippen LogP contribution < -0.4 is 0 Å². The molecule has 150 valence electrons. The molecule has 0 spiro atoms. The molecule has 1 amide bonds. The van der Waals surface area contributed by atoms with E-state index in [2.05, 4.69) is 15.2 Å². The van der Waals surface area contributed by atoms with Gasteiger partial charge in [0.15, 0.2) is 0 Å². The minimum atomic E-state index is -0.476. The molecular formula is C19H31N5O3. The van der Waals surface area contributed by atoms with Crippen molar-refractivity contribution in [1.29, 1.82) is 0 Å². The summed E-state index contributed by atoms with van der Waals surface area (Å²) >= 11 is 0. The van der Waals surface area contributed by atoms with Crippen LogP contribution in [-0.4, -0.2) is 67.9 Å². The van der Waals surface area contributed by atoms with Gasteiger partial charge < -0.3 is 9.64 Å². The molecule has 1 aromatic heterocycles. The van der Waals surface area contributed by atoms with Gasteiger partial charge in [-0.1, -0.05) is 11.6 Å². The molecule has 2 aliphatic heterocycles. The fraction of sp³-hybridized carbons (Fsp3) is 0.789. The third-order valence-corrected chi connectivity index (χ3v) is 5.01. The highest BCUT2D eigenvalue weighted by Gasteiger charge is 2.32. The molecule has 1 aromatic rings. The van der Waals surface area contributed by atoms with Crippen molar-refractivity contribution in [3.63, 3.8) is 0 Å². The molecule has 0 saturated carbocycles. The molecule has 0 radical (unpaired) electrons. The predicted molar refractivity (Wildman–Crippen MR) is 99.7 cm³/mol. The quantitative estimate of drug-likeness (QED) is 0.701. The normalized spacial score (nSPS) is 21.7. The molecule has 1 atom stereocenters. The van der Waals surface area contributed by atoms with Crippen molar-refractivity contribution in [2.24, 2.45) is 0 Å². The van der Waals surface area contributed by atoms with Gasteiger partial charge in [0.2, 0.25) is 5.91 Å². The molecular weight excluding hydrogens is 346 g/mol. The Morgan fingerprint density at radius 3 is 2.74 bits per heavy atom. The molecule has 0 aliphatic carbocycles.